The molecular formula is C16H24N4. The van der Waals surface area contributed by atoms with Crippen LogP contribution in [0, 0.1) is 5.92 Å². The van der Waals surface area contributed by atoms with Crippen molar-refractivity contribution in [2.45, 2.75) is 26.3 Å². The summed E-state index contributed by atoms with van der Waals surface area (Å²) in [7, 11) is 4.22. The predicted molar refractivity (Wildman–Crippen MR) is 85.0 cm³/mol. The minimum Gasteiger partial charge on any atom is -0.379 e. The van der Waals surface area contributed by atoms with E-state index >= 15 is 0 Å². The highest BCUT2D eigenvalue weighted by Gasteiger charge is 2.13. The second-order valence-electron chi connectivity index (χ2n) is 6.01. The molecule has 2 aromatic rings. The number of benzene rings is 1. The maximum absolute atomic E-state index is 4.17. The Kier molecular flexibility index (Phi) is 4.90. The molecule has 1 aromatic heterocycles. The number of fused-ring (bicyclic) bond motifs is 1. The van der Waals surface area contributed by atoms with Crippen molar-refractivity contribution in [3.8, 4) is 0 Å². The summed E-state index contributed by atoms with van der Waals surface area (Å²) in [6.45, 7) is 5.52. The lowest BCUT2D eigenvalue weighted by molar-refractivity contribution is 0.356. The molecule has 108 valence electrons. The van der Waals surface area contributed by atoms with Gasteiger partial charge in [0.1, 0.15) is 0 Å². The number of nitrogens with one attached hydrogen (secondary N) is 1. The molecule has 0 spiro atoms. The fraction of sp³-hybridized carbons (Fsp3) is 0.500. The van der Waals surface area contributed by atoms with Crippen molar-refractivity contribution in [3.63, 3.8) is 0 Å². The monoisotopic (exact) mass is 272 g/mol. The second kappa shape index (κ2) is 6.66. The number of likely N-dealkylation sites (N-methyl/N-ethyl adjacent to an activating group) is 1. The fourth-order valence-corrected chi connectivity index (χ4v) is 2.53. The van der Waals surface area contributed by atoms with E-state index in [-0.39, 0.29) is 0 Å². The van der Waals surface area contributed by atoms with Gasteiger partial charge in [0.15, 0.2) is 0 Å². The number of hydrogen-bond donors (Lipinski definition) is 1. The number of anilines is 1. The lowest BCUT2D eigenvalue weighted by Gasteiger charge is -2.25. The Bertz CT molecular complexity index is 536. The van der Waals surface area contributed by atoms with E-state index in [2.05, 4.69) is 54.4 Å². The number of hydrogen-bond acceptors (Lipinski definition) is 4. The minimum absolute atomic E-state index is 0.414. The van der Waals surface area contributed by atoms with Gasteiger partial charge in [-0.3, -0.25) is 0 Å². The van der Waals surface area contributed by atoms with E-state index in [1.165, 1.54) is 0 Å². The molecule has 4 heteroatoms. The lowest BCUT2D eigenvalue weighted by atomic mass is 10.0. The van der Waals surface area contributed by atoms with E-state index < -0.39 is 0 Å². The van der Waals surface area contributed by atoms with Gasteiger partial charge in [-0.25, -0.2) is 0 Å². The van der Waals surface area contributed by atoms with Crippen LogP contribution in [0.15, 0.2) is 30.5 Å². The van der Waals surface area contributed by atoms with Crippen LogP contribution in [0.5, 0.6) is 0 Å². The van der Waals surface area contributed by atoms with Crippen LogP contribution in [-0.2, 0) is 0 Å². The van der Waals surface area contributed by atoms with E-state index in [4.69, 9.17) is 0 Å². The van der Waals surface area contributed by atoms with Gasteiger partial charge in [-0.05, 0) is 32.5 Å². The molecule has 1 N–H and O–H groups in total. The van der Waals surface area contributed by atoms with Crippen molar-refractivity contribution in [1.29, 1.82) is 0 Å². The summed E-state index contributed by atoms with van der Waals surface area (Å²) in [6, 6.07) is 8.54. The Morgan fingerprint density at radius 2 is 1.95 bits per heavy atom. The van der Waals surface area contributed by atoms with Gasteiger partial charge in [-0.15, -0.1) is 0 Å². The molecular weight excluding hydrogens is 248 g/mol. The number of aromatic nitrogens is 2. The molecule has 2 rings (SSSR count). The first-order valence-corrected chi connectivity index (χ1v) is 7.18. The molecule has 1 unspecified atom stereocenters. The van der Waals surface area contributed by atoms with Gasteiger partial charge in [0.05, 0.1) is 17.4 Å². The van der Waals surface area contributed by atoms with Gasteiger partial charge in [-0.2, -0.15) is 10.2 Å². The predicted octanol–water partition coefficient (Wildman–Crippen LogP) is 3.02. The fourth-order valence-electron chi connectivity index (χ4n) is 2.53. The third-order valence-electron chi connectivity index (χ3n) is 3.25. The van der Waals surface area contributed by atoms with Crippen LogP contribution >= 0.6 is 0 Å². The normalized spacial score (nSPS) is 13.1. The summed E-state index contributed by atoms with van der Waals surface area (Å²) < 4.78 is 0. The smallest absolute Gasteiger partial charge is 0.0950 e. The first kappa shape index (κ1) is 14.7. The van der Waals surface area contributed by atoms with Crippen molar-refractivity contribution < 1.29 is 0 Å². The number of rotatable bonds is 6. The van der Waals surface area contributed by atoms with Crippen molar-refractivity contribution >= 4 is 16.6 Å². The molecule has 4 nitrogen and oxygen atoms in total. The van der Waals surface area contributed by atoms with E-state index in [0.717, 1.165) is 29.6 Å². The van der Waals surface area contributed by atoms with Crippen LogP contribution in [0.1, 0.15) is 20.3 Å². The van der Waals surface area contributed by atoms with Gasteiger partial charge < -0.3 is 10.2 Å². The summed E-state index contributed by atoms with van der Waals surface area (Å²) >= 11 is 0. The first-order chi connectivity index (χ1) is 9.56. The third-order valence-corrected chi connectivity index (χ3v) is 3.25. The van der Waals surface area contributed by atoms with Gasteiger partial charge in [-0.1, -0.05) is 32.0 Å². The highest BCUT2D eigenvalue weighted by molar-refractivity contribution is 5.90. The van der Waals surface area contributed by atoms with Crippen molar-refractivity contribution in [1.82, 2.24) is 15.1 Å². The Labute approximate surface area is 121 Å². The molecule has 0 fully saturated rings. The standard InChI is InChI=1S/C16H24N4/c1-12(2)9-13(11-20(3)4)18-16-10-17-19-15-8-6-5-7-14(15)16/h5-8,10,12-13H,9,11H2,1-4H3,(H,18,19). The maximum atomic E-state index is 4.17. The number of nitrogens with zero attached hydrogens (tertiary/aromatic N) is 3. The van der Waals surface area contributed by atoms with Crippen LogP contribution in [-0.4, -0.2) is 41.8 Å². The maximum Gasteiger partial charge on any atom is 0.0950 e. The SMILES string of the molecule is CC(C)CC(CN(C)C)Nc1cnnc2ccccc12. The van der Waals surface area contributed by atoms with Crippen molar-refractivity contribution in [3.05, 3.63) is 30.5 Å². The zero-order chi connectivity index (χ0) is 14.5. The molecule has 1 atom stereocenters. The molecule has 0 saturated heterocycles. The molecule has 20 heavy (non-hydrogen) atoms. The average molecular weight is 272 g/mol. The highest BCUT2D eigenvalue weighted by atomic mass is 15.1. The van der Waals surface area contributed by atoms with Crippen molar-refractivity contribution in [2.75, 3.05) is 26.0 Å². The molecule has 0 aliphatic heterocycles. The summed E-state index contributed by atoms with van der Waals surface area (Å²) in [4.78, 5) is 2.22. The molecule has 0 amide bonds. The highest BCUT2D eigenvalue weighted by Crippen LogP contribution is 2.22. The van der Waals surface area contributed by atoms with Crippen LogP contribution in [0.2, 0.25) is 0 Å². The van der Waals surface area contributed by atoms with Gasteiger partial charge in [0.2, 0.25) is 0 Å². The minimum atomic E-state index is 0.414. The van der Waals surface area contributed by atoms with E-state index in [0.29, 0.717) is 12.0 Å². The summed E-state index contributed by atoms with van der Waals surface area (Å²) in [5.74, 6) is 0.661. The molecule has 0 saturated carbocycles. The Morgan fingerprint density at radius 3 is 2.65 bits per heavy atom. The first-order valence-electron chi connectivity index (χ1n) is 7.18. The topological polar surface area (TPSA) is 41.0 Å². The van der Waals surface area contributed by atoms with Crippen molar-refractivity contribution in [2.24, 2.45) is 5.92 Å². The molecule has 1 heterocycles. The van der Waals surface area contributed by atoms with E-state index in [9.17, 15) is 0 Å². The van der Waals surface area contributed by atoms with Gasteiger partial charge in [0, 0.05) is 18.0 Å². The third kappa shape index (κ3) is 3.90. The largest absolute Gasteiger partial charge is 0.379 e. The second-order valence-corrected chi connectivity index (χ2v) is 6.01. The molecule has 0 radical (unpaired) electrons. The summed E-state index contributed by atoms with van der Waals surface area (Å²) in [5, 5.41) is 13.0. The lowest BCUT2D eigenvalue weighted by Crippen LogP contribution is -2.33. The van der Waals surface area contributed by atoms with Gasteiger partial charge >= 0.3 is 0 Å². The van der Waals surface area contributed by atoms with Crippen LogP contribution in [0.4, 0.5) is 5.69 Å². The Balaban J connectivity index is 2.23. The van der Waals surface area contributed by atoms with Crippen LogP contribution in [0.3, 0.4) is 0 Å². The molecule has 1 aromatic carbocycles. The molecule has 0 bridgehead atoms. The molecule has 0 aliphatic rings. The van der Waals surface area contributed by atoms with E-state index in [1.807, 2.05) is 24.4 Å². The zero-order valence-electron chi connectivity index (χ0n) is 12.8. The zero-order valence-corrected chi connectivity index (χ0v) is 12.8. The van der Waals surface area contributed by atoms with Crippen LogP contribution < -0.4 is 5.32 Å². The summed E-state index contributed by atoms with van der Waals surface area (Å²) in [6.07, 6.45) is 2.96. The van der Waals surface area contributed by atoms with Gasteiger partial charge in [0.25, 0.3) is 0 Å². The Morgan fingerprint density at radius 1 is 1.20 bits per heavy atom. The van der Waals surface area contributed by atoms with Crippen LogP contribution in [0.25, 0.3) is 10.9 Å². The Hall–Kier alpha value is -1.68. The summed E-state index contributed by atoms with van der Waals surface area (Å²) in [5.41, 5.74) is 2.01. The molecule has 0 aliphatic carbocycles. The quantitative estimate of drug-likeness (QED) is 0.877. The average Bonchev–Trinajstić information content (AvgIpc) is 2.37. The van der Waals surface area contributed by atoms with E-state index in [1.54, 1.807) is 0 Å².